The lowest BCUT2D eigenvalue weighted by Crippen LogP contribution is -2.22. The van der Waals surface area contributed by atoms with E-state index < -0.39 is 5.82 Å². The number of hydrogen-bond acceptors (Lipinski definition) is 4. The topological polar surface area (TPSA) is 51.0 Å². The van der Waals surface area contributed by atoms with Crippen LogP contribution in [0.2, 0.25) is 5.02 Å². The molecule has 0 bridgehead atoms. The van der Waals surface area contributed by atoms with Crippen LogP contribution < -0.4 is 5.32 Å². The van der Waals surface area contributed by atoms with Crippen LogP contribution in [0.15, 0.2) is 22.7 Å². The molecular formula is C12H13ClFN3O. The molecule has 6 heteroatoms. The van der Waals surface area contributed by atoms with Crippen molar-refractivity contribution in [2.75, 3.05) is 0 Å². The molecule has 1 aromatic heterocycles. The van der Waals surface area contributed by atoms with Gasteiger partial charge in [0.1, 0.15) is 5.82 Å². The van der Waals surface area contributed by atoms with Crippen LogP contribution in [0.25, 0.3) is 11.5 Å². The van der Waals surface area contributed by atoms with Gasteiger partial charge in [-0.25, -0.2) is 4.39 Å². The lowest BCUT2D eigenvalue weighted by atomic mass is 10.2. The smallest absolute Gasteiger partial charge is 0.258 e. The number of benzene rings is 1. The molecule has 1 aromatic carbocycles. The summed E-state index contributed by atoms with van der Waals surface area (Å²) in [5.41, 5.74) is 0.602. The first-order valence-corrected chi connectivity index (χ1v) is 5.95. The van der Waals surface area contributed by atoms with E-state index in [4.69, 9.17) is 16.1 Å². The van der Waals surface area contributed by atoms with Crippen LogP contribution in [0.1, 0.15) is 19.7 Å². The quantitative estimate of drug-likeness (QED) is 0.927. The van der Waals surface area contributed by atoms with Crippen molar-refractivity contribution in [2.24, 2.45) is 0 Å². The molecule has 0 aliphatic carbocycles. The van der Waals surface area contributed by atoms with Gasteiger partial charge in [-0.05, 0) is 18.2 Å². The minimum atomic E-state index is -0.471. The summed E-state index contributed by atoms with van der Waals surface area (Å²) in [5, 5.41) is 7.04. The summed E-state index contributed by atoms with van der Waals surface area (Å²) in [7, 11) is 0. The Kier molecular flexibility index (Phi) is 3.93. The maximum absolute atomic E-state index is 13.0. The molecule has 1 N–H and O–H groups in total. The molecule has 0 fully saturated rings. The average Bonchev–Trinajstić information content (AvgIpc) is 2.79. The van der Waals surface area contributed by atoms with Gasteiger partial charge in [-0.3, -0.25) is 0 Å². The average molecular weight is 270 g/mol. The molecular weight excluding hydrogens is 257 g/mol. The fourth-order valence-corrected chi connectivity index (χ4v) is 1.55. The van der Waals surface area contributed by atoms with Crippen LogP contribution in [-0.2, 0) is 6.54 Å². The summed E-state index contributed by atoms with van der Waals surface area (Å²) in [6, 6.07) is 4.62. The molecule has 0 radical (unpaired) electrons. The third-order valence-electron chi connectivity index (χ3n) is 2.30. The second-order valence-electron chi connectivity index (χ2n) is 4.18. The Labute approximate surface area is 109 Å². The Balaban J connectivity index is 2.16. The zero-order chi connectivity index (χ0) is 13.1. The largest absolute Gasteiger partial charge is 0.334 e. The summed E-state index contributed by atoms with van der Waals surface area (Å²) < 4.78 is 18.1. The van der Waals surface area contributed by atoms with Gasteiger partial charge in [0.25, 0.3) is 5.89 Å². The third-order valence-corrected chi connectivity index (χ3v) is 2.59. The van der Waals surface area contributed by atoms with Gasteiger partial charge in [0.2, 0.25) is 0 Å². The van der Waals surface area contributed by atoms with E-state index in [2.05, 4.69) is 15.5 Å². The molecule has 0 aliphatic heterocycles. The van der Waals surface area contributed by atoms with Crippen molar-refractivity contribution in [3.05, 3.63) is 34.9 Å². The van der Waals surface area contributed by atoms with Crippen LogP contribution in [-0.4, -0.2) is 16.2 Å². The second kappa shape index (κ2) is 5.46. The Bertz CT molecular complexity index is 542. The van der Waals surface area contributed by atoms with Crippen molar-refractivity contribution in [1.29, 1.82) is 0 Å². The van der Waals surface area contributed by atoms with Crippen molar-refractivity contribution in [2.45, 2.75) is 26.4 Å². The van der Waals surface area contributed by atoms with E-state index in [1.165, 1.54) is 12.1 Å². The van der Waals surface area contributed by atoms with Crippen molar-refractivity contribution in [1.82, 2.24) is 15.5 Å². The minimum Gasteiger partial charge on any atom is -0.334 e. The van der Waals surface area contributed by atoms with Crippen molar-refractivity contribution in [3.63, 3.8) is 0 Å². The molecule has 0 spiro atoms. The molecule has 0 unspecified atom stereocenters. The Morgan fingerprint density at radius 3 is 2.89 bits per heavy atom. The van der Waals surface area contributed by atoms with Gasteiger partial charge < -0.3 is 9.84 Å². The maximum Gasteiger partial charge on any atom is 0.258 e. The fraction of sp³-hybridized carbons (Fsp3) is 0.333. The lowest BCUT2D eigenvalue weighted by Gasteiger charge is -2.03. The molecule has 0 saturated heterocycles. The van der Waals surface area contributed by atoms with Gasteiger partial charge in [-0.1, -0.05) is 30.6 Å². The molecule has 0 saturated carbocycles. The third kappa shape index (κ3) is 3.05. The highest BCUT2D eigenvalue weighted by molar-refractivity contribution is 6.31. The van der Waals surface area contributed by atoms with E-state index in [0.717, 1.165) is 0 Å². The predicted molar refractivity (Wildman–Crippen MR) is 66.7 cm³/mol. The predicted octanol–water partition coefficient (Wildman–Crippen LogP) is 3.03. The Hall–Kier alpha value is -1.46. The number of aromatic nitrogens is 2. The zero-order valence-corrected chi connectivity index (χ0v) is 10.8. The van der Waals surface area contributed by atoms with Gasteiger partial charge in [-0.2, -0.15) is 4.98 Å². The van der Waals surface area contributed by atoms with E-state index in [-0.39, 0.29) is 5.02 Å². The van der Waals surface area contributed by atoms with Crippen LogP contribution >= 0.6 is 11.6 Å². The first kappa shape index (κ1) is 13.0. The van der Waals surface area contributed by atoms with E-state index in [9.17, 15) is 4.39 Å². The first-order chi connectivity index (χ1) is 8.56. The Morgan fingerprint density at radius 2 is 2.22 bits per heavy atom. The summed E-state index contributed by atoms with van der Waals surface area (Å²) >= 11 is 5.70. The van der Waals surface area contributed by atoms with Gasteiger partial charge in [0.05, 0.1) is 11.6 Å². The minimum absolute atomic E-state index is 0.0348. The molecule has 1 heterocycles. The number of rotatable bonds is 4. The molecule has 96 valence electrons. The van der Waals surface area contributed by atoms with E-state index in [1.54, 1.807) is 6.07 Å². The van der Waals surface area contributed by atoms with Crippen molar-refractivity contribution >= 4 is 11.6 Å². The van der Waals surface area contributed by atoms with E-state index in [0.29, 0.717) is 29.9 Å². The number of halogens is 2. The monoisotopic (exact) mass is 269 g/mol. The highest BCUT2D eigenvalue weighted by Gasteiger charge is 2.10. The Morgan fingerprint density at radius 1 is 1.44 bits per heavy atom. The molecule has 18 heavy (non-hydrogen) atoms. The molecule has 0 aliphatic rings. The molecule has 4 nitrogen and oxygen atoms in total. The summed E-state index contributed by atoms with van der Waals surface area (Å²) in [6.45, 7) is 4.58. The van der Waals surface area contributed by atoms with Crippen LogP contribution in [0, 0.1) is 5.82 Å². The molecule has 2 rings (SSSR count). The zero-order valence-electron chi connectivity index (χ0n) is 10.1. The fourth-order valence-electron chi connectivity index (χ4n) is 1.37. The van der Waals surface area contributed by atoms with E-state index >= 15 is 0 Å². The van der Waals surface area contributed by atoms with Gasteiger partial charge in [0.15, 0.2) is 5.82 Å². The second-order valence-corrected chi connectivity index (χ2v) is 4.59. The first-order valence-electron chi connectivity index (χ1n) is 5.57. The van der Waals surface area contributed by atoms with Crippen molar-refractivity contribution < 1.29 is 8.91 Å². The number of nitrogens with one attached hydrogen (secondary N) is 1. The maximum atomic E-state index is 13.0. The highest BCUT2D eigenvalue weighted by atomic mass is 35.5. The van der Waals surface area contributed by atoms with Crippen LogP contribution in [0.5, 0.6) is 0 Å². The molecule has 0 atom stereocenters. The van der Waals surface area contributed by atoms with Gasteiger partial charge >= 0.3 is 0 Å². The molecule has 0 amide bonds. The molecule has 2 aromatic rings. The lowest BCUT2D eigenvalue weighted by molar-refractivity contribution is 0.417. The van der Waals surface area contributed by atoms with Gasteiger partial charge in [0, 0.05) is 11.6 Å². The summed E-state index contributed by atoms with van der Waals surface area (Å²) in [5.74, 6) is 0.415. The SMILES string of the molecule is CC(C)NCc1noc(-c2ccc(F)c(Cl)c2)n1. The highest BCUT2D eigenvalue weighted by Crippen LogP contribution is 2.23. The van der Waals surface area contributed by atoms with Crippen LogP contribution in [0.4, 0.5) is 4.39 Å². The number of nitrogens with zero attached hydrogens (tertiary/aromatic N) is 2. The summed E-state index contributed by atoms with van der Waals surface area (Å²) in [6.07, 6.45) is 0. The van der Waals surface area contributed by atoms with Gasteiger partial charge in [-0.15, -0.1) is 0 Å². The standard InChI is InChI=1S/C12H13ClFN3O/c1-7(2)15-6-11-16-12(18-17-11)8-3-4-10(14)9(13)5-8/h3-5,7,15H,6H2,1-2H3. The van der Waals surface area contributed by atoms with E-state index in [1.807, 2.05) is 13.8 Å². The van der Waals surface area contributed by atoms with Crippen LogP contribution in [0.3, 0.4) is 0 Å². The summed E-state index contributed by atoms with van der Waals surface area (Å²) in [4.78, 5) is 4.20. The number of hydrogen-bond donors (Lipinski definition) is 1. The van der Waals surface area contributed by atoms with Crippen molar-refractivity contribution in [3.8, 4) is 11.5 Å². The normalized spacial score (nSPS) is 11.2.